The number of hydrogen-bond donors (Lipinski definition) is 0. The minimum absolute atomic E-state index is 0.721. The number of imidazole rings is 2. The lowest BCUT2D eigenvalue weighted by molar-refractivity contribution is 1.08. The summed E-state index contributed by atoms with van der Waals surface area (Å²) < 4.78 is 4.39. The molecule has 0 aliphatic rings. The average Bonchev–Trinajstić information content (AvgIpc) is 3.31. The van der Waals surface area contributed by atoms with Gasteiger partial charge in [0.2, 0.25) is 5.78 Å². The Morgan fingerprint density at radius 3 is 2.37 bits per heavy atom. The van der Waals surface area contributed by atoms with Gasteiger partial charge < -0.3 is 0 Å². The van der Waals surface area contributed by atoms with Gasteiger partial charge in [0.15, 0.2) is 0 Å². The molecule has 0 unspecified atom stereocenters. The molecule has 6 aromatic rings. The number of hydrogen-bond acceptors (Lipinski definition) is 1. The van der Waals surface area contributed by atoms with Crippen LogP contribution in [0.25, 0.3) is 44.5 Å². The monoisotopic (exact) mass is 407 g/mol. The van der Waals surface area contributed by atoms with E-state index < -0.39 is 0 Å². The summed E-state index contributed by atoms with van der Waals surface area (Å²) >= 11 is 6.17. The molecule has 4 aromatic carbocycles. The van der Waals surface area contributed by atoms with Crippen molar-refractivity contribution in [3.8, 4) is 16.9 Å². The minimum atomic E-state index is 0.721. The second-order valence-corrected chi connectivity index (χ2v) is 8.06. The molecule has 0 aliphatic carbocycles. The predicted octanol–water partition coefficient (Wildman–Crippen LogP) is 7.06. The van der Waals surface area contributed by atoms with Crippen molar-refractivity contribution < 1.29 is 0 Å². The van der Waals surface area contributed by atoms with Gasteiger partial charge in [0.05, 0.1) is 16.7 Å². The zero-order valence-corrected chi connectivity index (χ0v) is 17.1. The van der Waals surface area contributed by atoms with Crippen molar-refractivity contribution in [2.75, 3.05) is 0 Å². The summed E-state index contributed by atoms with van der Waals surface area (Å²) in [4.78, 5) is 5.10. The Kier molecular flexibility index (Phi) is 3.74. The lowest BCUT2D eigenvalue weighted by Gasteiger charge is -2.09. The molecule has 6 rings (SSSR count). The number of nitrogens with zero attached hydrogens (tertiary/aromatic N) is 3. The molecular formula is C26H18ClN3. The fourth-order valence-corrected chi connectivity index (χ4v) is 4.29. The topological polar surface area (TPSA) is 22.2 Å². The first-order valence-corrected chi connectivity index (χ1v) is 10.3. The Labute approximate surface area is 178 Å². The lowest BCUT2D eigenvalue weighted by atomic mass is 10.1. The van der Waals surface area contributed by atoms with Gasteiger partial charge in [-0.05, 0) is 42.6 Å². The maximum absolute atomic E-state index is 6.17. The van der Waals surface area contributed by atoms with Gasteiger partial charge in [-0.25, -0.2) is 4.98 Å². The molecule has 2 aromatic heterocycles. The molecule has 0 aliphatic heterocycles. The second-order valence-electron chi connectivity index (χ2n) is 7.63. The van der Waals surface area contributed by atoms with Crippen molar-refractivity contribution in [1.29, 1.82) is 0 Å². The van der Waals surface area contributed by atoms with E-state index in [2.05, 4.69) is 82.8 Å². The molecule has 2 heterocycles. The normalized spacial score (nSPS) is 11.7. The fourth-order valence-electron chi connectivity index (χ4n) is 4.16. The van der Waals surface area contributed by atoms with E-state index in [0.29, 0.717) is 0 Å². The molecule has 0 radical (unpaired) electrons. The molecule has 0 atom stereocenters. The van der Waals surface area contributed by atoms with Crippen LogP contribution in [0.1, 0.15) is 5.56 Å². The third-order valence-electron chi connectivity index (χ3n) is 5.69. The Morgan fingerprint density at radius 2 is 1.57 bits per heavy atom. The highest BCUT2D eigenvalue weighted by Crippen LogP contribution is 2.32. The number of aryl methyl sites for hydroxylation is 1. The standard InChI is InChI=1S/C26H18ClN3/c1-17-6-8-19(9-7-17)24-16-29-23-15-10-18-4-2-3-5-22(18)25(23)28-26(29)30(24)21-13-11-20(27)12-14-21/h2-16H,1H3. The van der Waals surface area contributed by atoms with Crippen LogP contribution in [0.4, 0.5) is 0 Å². The molecule has 0 spiro atoms. The zero-order chi connectivity index (χ0) is 20.2. The van der Waals surface area contributed by atoms with E-state index in [0.717, 1.165) is 38.8 Å². The first-order valence-electron chi connectivity index (χ1n) is 9.93. The van der Waals surface area contributed by atoms with E-state index in [1.807, 2.05) is 24.3 Å². The van der Waals surface area contributed by atoms with Crippen LogP contribution in [0.2, 0.25) is 5.02 Å². The van der Waals surface area contributed by atoms with Gasteiger partial charge in [-0.1, -0.05) is 71.8 Å². The van der Waals surface area contributed by atoms with Crippen LogP contribution in [0, 0.1) is 6.92 Å². The number of fused-ring (bicyclic) bond motifs is 5. The molecule has 144 valence electrons. The fraction of sp³-hybridized carbons (Fsp3) is 0.0385. The molecule has 3 nitrogen and oxygen atoms in total. The van der Waals surface area contributed by atoms with Crippen LogP contribution >= 0.6 is 11.6 Å². The largest absolute Gasteiger partial charge is 0.283 e. The van der Waals surface area contributed by atoms with Gasteiger partial charge in [0.25, 0.3) is 0 Å². The first kappa shape index (κ1) is 17.3. The Balaban J connectivity index is 1.73. The van der Waals surface area contributed by atoms with Gasteiger partial charge in [0, 0.05) is 27.9 Å². The molecule has 0 saturated carbocycles. The Morgan fingerprint density at radius 1 is 0.800 bits per heavy atom. The van der Waals surface area contributed by atoms with Crippen LogP contribution in [0.5, 0.6) is 0 Å². The molecule has 0 amide bonds. The van der Waals surface area contributed by atoms with E-state index >= 15 is 0 Å². The third-order valence-corrected chi connectivity index (χ3v) is 5.94. The number of aromatic nitrogens is 3. The second kappa shape index (κ2) is 6.48. The molecule has 0 N–H and O–H groups in total. The maximum atomic E-state index is 6.17. The quantitative estimate of drug-likeness (QED) is 0.301. The minimum Gasteiger partial charge on any atom is -0.283 e. The Bertz CT molecular complexity index is 1540. The van der Waals surface area contributed by atoms with Crippen molar-refractivity contribution >= 4 is 39.2 Å². The van der Waals surface area contributed by atoms with Gasteiger partial charge in [-0.15, -0.1) is 0 Å². The van der Waals surface area contributed by atoms with Crippen molar-refractivity contribution in [1.82, 2.24) is 14.0 Å². The highest BCUT2D eigenvalue weighted by atomic mass is 35.5. The summed E-state index contributed by atoms with van der Waals surface area (Å²) in [7, 11) is 0. The summed E-state index contributed by atoms with van der Waals surface area (Å²) in [6, 6.07) is 29.2. The highest BCUT2D eigenvalue weighted by molar-refractivity contribution is 6.30. The summed E-state index contributed by atoms with van der Waals surface area (Å²) in [6.07, 6.45) is 2.18. The van der Waals surface area contributed by atoms with Gasteiger partial charge in [-0.2, -0.15) is 0 Å². The third kappa shape index (κ3) is 2.56. The number of halogens is 1. The smallest absolute Gasteiger partial charge is 0.220 e. The molecule has 4 heteroatoms. The van der Waals surface area contributed by atoms with Crippen LogP contribution in [-0.2, 0) is 0 Å². The zero-order valence-electron chi connectivity index (χ0n) is 16.4. The summed E-state index contributed by atoms with van der Waals surface area (Å²) in [5.74, 6) is 0.888. The summed E-state index contributed by atoms with van der Waals surface area (Å²) in [5.41, 5.74) is 6.63. The van der Waals surface area contributed by atoms with E-state index in [1.165, 1.54) is 16.3 Å². The van der Waals surface area contributed by atoms with Crippen LogP contribution in [0.3, 0.4) is 0 Å². The highest BCUT2D eigenvalue weighted by Gasteiger charge is 2.18. The number of rotatable bonds is 2. The molecular weight excluding hydrogens is 390 g/mol. The summed E-state index contributed by atoms with van der Waals surface area (Å²) in [5, 5.41) is 3.08. The van der Waals surface area contributed by atoms with E-state index in [-0.39, 0.29) is 0 Å². The van der Waals surface area contributed by atoms with E-state index in [4.69, 9.17) is 16.6 Å². The first-order chi connectivity index (χ1) is 14.7. The molecule has 0 saturated heterocycles. The van der Waals surface area contributed by atoms with Crippen LogP contribution in [-0.4, -0.2) is 14.0 Å². The van der Waals surface area contributed by atoms with Gasteiger partial charge in [0.1, 0.15) is 0 Å². The SMILES string of the molecule is Cc1ccc(-c2cn3c4ccc5ccccc5c4nc3n2-c2ccc(Cl)cc2)cc1. The predicted molar refractivity (Wildman–Crippen MR) is 125 cm³/mol. The number of benzene rings is 4. The van der Waals surface area contributed by atoms with Crippen LogP contribution in [0.15, 0.2) is 91.1 Å². The van der Waals surface area contributed by atoms with Gasteiger partial charge in [-0.3, -0.25) is 8.97 Å². The molecule has 30 heavy (non-hydrogen) atoms. The lowest BCUT2D eigenvalue weighted by Crippen LogP contribution is -1.97. The van der Waals surface area contributed by atoms with Crippen molar-refractivity contribution in [2.24, 2.45) is 0 Å². The Hall–Kier alpha value is -3.56. The molecule has 0 fully saturated rings. The summed E-state index contributed by atoms with van der Waals surface area (Å²) in [6.45, 7) is 2.10. The average molecular weight is 408 g/mol. The van der Waals surface area contributed by atoms with Crippen molar-refractivity contribution in [2.45, 2.75) is 6.92 Å². The van der Waals surface area contributed by atoms with Crippen LogP contribution < -0.4 is 0 Å². The van der Waals surface area contributed by atoms with E-state index in [9.17, 15) is 0 Å². The molecule has 0 bridgehead atoms. The van der Waals surface area contributed by atoms with Crippen molar-refractivity contribution in [3.05, 3.63) is 102 Å². The van der Waals surface area contributed by atoms with E-state index in [1.54, 1.807) is 0 Å². The van der Waals surface area contributed by atoms with Crippen molar-refractivity contribution in [3.63, 3.8) is 0 Å². The van der Waals surface area contributed by atoms with Gasteiger partial charge >= 0.3 is 0 Å². The maximum Gasteiger partial charge on any atom is 0.220 e.